The smallest absolute Gasteiger partial charge is 0.344 e. The number of hydrogen-bond acceptors (Lipinski definition) is 4. The van der Waals surface area contributed by atoms with E-state index >= 15 is 0 Å². The molecule has 0 amide bonds. The molecule has 1 aromatic heterocycles. The molecule has 0 saturated carbocycles. The predicted molar refractivity (Wildman–Crippen MR) is 117 cm³/mol. The van der Waals surface area contributed by atoms with Gasteiger partial charge in [0.1, 0.15) is 11.1 Å². The van der Waals surface area contributed by atoms with E-state index in [1.165, 1.54) is 23.2 Å². The van der Waals surface area contributed by atoms with Gasteiger partial charge in [0.15, 0.2) is 0 Å². The lowest BCUT2D eigenvalue weighted by Gasteiger charge is -2.33. The van der Waals surface area contributed by atoms with Crippen molar-refractivity contribution in [2.24, 2.45) is 0 Å². The number of rotatable bonds is 2. The highest BCUT2D eigenvalue weighted by Gasteiger charge is 2.59. The zero-order valence-corrected chi connectivity index (χ0v) is 19.8. The Bertz CT molecular complexity index is 927. The van der Waals surface area contributed by atoms with Crippen LogP contribution in [0.2, 0.25) is 15.1 Å². The fourth-order valence-electron chi connectivity index (χ4n) is 3.32. The van der Waals surface area contributed by atoms with E-state index in [1.807, 2.05) is 0 Å². The Morgan fingerprint density at radius 1 is 1.07 bits per heavy atom. The molecule has 1 saturated heterocycles. The molecule has 13 heteroatoms. The Morgan fingerprint density at radius 3 is 2.13 bits per heavy atom. The van der Waals surface area contributed by atoms with Gasteiger partial charge in [0.05, 0.1) is 15.1 Å². The molecule has 0 bridgehead atoms. The third kappa shape index (κ3) is 4.68. The monoisotopic (exact) mass is 542 g/mol. The molecule has 1 aliphatic rings. The zero-order chi connectivity index (χ0) is 21.8. The van der Waals surface area contributed by atoms with E-state index in [-0.39, 0.29) is 51.4 Å². The predicted octanol–water partition coefficient (Wildman–Crippen LogP) is 7.44. The molecule has 0 spiro atoms. The van der Waals surface area contributed by atoms with E-state index in [4.69, 9.17) is 69.6 Å². The number of benzene rings is 1. The minimum Gasteiger partial charge on any atom is -0.344 e. The van der Waals surface area contributed by atoms with Crippen molar-refractivity contribution in [3.05, 3.63) is 50.2 Å². The summed E-state index contributed by atoms with van der Waals surface area (Å²) in [6, 6.07) is 2.38. The number of aryl methyl sites for hydroxylation is 1. The van der Waals surface area contributed by atoms with Gasteiger partial charge in [-0.05, 0) is 36.6 Å². The number of nitrogens with zero attached hydrogens (tertiary/aromatic N) is 3. The second-order valence-electron chi connectivity index (χ2n) is 6.70. The van der Waals surface area contributed by atoms with Crippen LogP contribution in [0, 0.1) is 6.92 Å². The highest BCUT2D eigenvalue weighted by molar-refractivity contribution is 6.66. The summed E-state index contributed by atoms with van der Waals surface area (Å²) in [5.74, 6) is 0.0363. The summed E-state index contributed by atoms with van der Waals surface area (Å²) in [5.41, 5.74) is -1.71. The van der Waals surface area contributed by atoms with Gasteiger partial charge < -0.3 is 11.1 Å². The molecular weight excluding hydrogens is 530 g/mol. The van der Waals surface area contributed by atoms with E-state index in [9.17, 15) is 13.2 Å². The van der Waals surface area contributed by atoms with Gasteiger partial charge in [-0.2, -0.15) is 13.2 Å². The highest BCUT2D eigenvalue weighted by Crippen LogP contribution is 2.50. The molecule has 3 rings (SSSR count). The van der Waals surface area contributed by atoms with Crippen molar-refractivity contribution in [2.75, 3.05) is 18.0 Å². The molecule has 1 atom stereocenters. The first kappa shape index (κ1) is 25.8. The number of alkyl halides is 6. The van der Waals surface area contributed by atoms with Crippen molar-refractivity contribution >= 4 is 75.6 Å². The van der Waals surface area contributed by atoms with Crippen molar-refractivity contribution in [2.45, 2.75) is 28.7 Å². The number of halogens is 9. The van der Waals surface area contributed by atoms with Crippen LogP contribution in [0.5, 0.6) is 0 Å². The van der Waals surface area contributed by atoms with E-state index in [0.29, 0.717) is 5.56 Å². The fraction of sp³-hybridized carbons (Fsp3) is 0.412. The maximum absolute atomic E-state index is 14.2. The molecule has 1 aromatic carbocycles. The summed E-state index contributed by atoms with van der Waals surface area (Å²) in [5, 5.41) is -0.110. The maximum Gasteiger partial charge on any atom is 0.400 e. The van der Waals surface area contributed by atoms with Crippen molar-refractivity contribution in [1.82, 2.24) is 16.1 Å². The molecular formula is C17H15Cl6F3N4. The maximum atomic E-state index is 14.2. The largest absolute Gasteiger partial charge is 0.400 e. The van der Waals surface area contributed by atoms with Crippen molar-refractivity contribution in [3.63, 3.8) is 0 Å². The Kier molecular flexibility index (Phi) is 7.62. The van der Waals surface area contributed by atoms with Crippen LogP contribution >= 0.6 is 69.6 Å². The van der Waals surface area contributed by atoms with Crippen LogP contribution in [0.4, 0.5) is 19.1 Å². The van der Waals surface area contributed by atoms with Crippen LogP contribution in [-0.4, -0.2) is 29.2 Å². The Morgan fingerprint density at radius 2 is 1.63 bits per heavy atom. The van der Waals surface area contributed by atoms with Gasteiger partial charge in [-0.1, -0.05) is 69.6 Å². The lowest BCUT2D eigenvalue weighted by atomic mass is 9.79. The second kappa shape index (κ2) is 8.85. The van der Waals surface area contributed by atoms with Crippen molar-refractivity contribution in [3.8, 4) is 0 Å². The number of aromatic nitrogens is 2. The average molecular weight is 545 g/mol. The summed E-state index contributed by atoms with van der Waals surface area (Å²) >= 11 is 35.6. The van der Waals surface area contributed by atoms with Crippen LogP contribution in [-0.2, 0) is 9.21 Å². The number of hydrogen-bond donors (Lipinski definition) is 1. The molecule has 30 heavy (non-hydrogen) atoms. The zero-order valence-electron chi connectivity index (χ0n) is 15.3. The normalized spacial score (nSPS) is 19.7. The first-order valence-corrected chi connectivity index (χ1v) is 10.4. The first-order chi connectivity index (χ1) is 13.3. The topological polar surface area (TPSA) is 64.0 Å². The van der Waals surface area contributed by atoms with E-state index in [2.05, 4.69) is 9.97 Å². The quantitative estimate of drug-likeness (QED) is 0.315. The molecule has 2 heterocycles. The van der Waals surface area contributed by atoms with E-state index in [0.717, 1.165) is 0 Å². The Hall–Kier alpha value is -0.410. The minimum atomic E-state index is -4.59. The summed E-state index contributed by atoms with van der Waals surface area (Å²) < 4.78 is 40.9. The van der Waals surface area contributed by atoms with Gasteiger partial charge >= 0.3 is 6.18 Å². The lowest BCUT2D eigenvalue weighted by Crippen LogP contribution is -2.45. The molecule has 2 aromatic rings. The molecule has 1 unspecified atom stereocenters. The van der Waals surface area contributed by atoms with Crippen LogP contribution in [0.1, 0.15) is 23.2 Å². The lowest BCUT2D eigenvalue weighted by molar-refractivity contribution is -0.184. The van der Waals surface area contributed by atoms with Crippen LogP contribution < -0.4 is 11.1 Å². The molecule has 4 nitrogen and oxygen atoms in total. The van der Waals surface area contributed by atoms with Gasteiger partial charge in [0, 0.05) is 19.3 Å². The average Bonchev–Trinajstić information content (AvgIpc) is 3.05. The van der Waals surface area contributed by atoms with Crippen molar-refractivity contribution < 1.29 is 13.2 Å². The van der Waals surface area contributed by atoms with E-state index < -0.39 is 21.9 Å². The third-order valence-electron chi connectivity index (χ3n) is 4.86. The molecule has 3 N–H and O–H groups in total. The fourth-order valence-corrected chi connectivity index (χ4v) is 4.49. The van der Waals surface area contributed by atoms with Crippen LogP contribution in [0.25, 0.3) is 0 Å². The molecule has 0 radical (unpaired) electrons. The number of anilines is 1. The van der Waals surface area contributed by atoms with Crippen LogP contribution in [0.3, 0.4) is 0 Å². The van der Waals surface area contributed by atoms with Gasteiger partial charge in [-0.25, -0.2) is 9.97 Å². The highest BCUT2D eigenvalue weighted by atomic mass is 35.6. The molecule has 1 aliphatic heterocycles. The Balaban J connectivity index is 0.00000320. The second-order valence-corrected chi connectivity index (χ2v) is 10.2. The summed E-state index contributed by atoms with van der Waals surface area (Å²) in [4.78, 5) is 9.71. The van der Waals surface area contributed by atoms with Gasteiger partial charge in [0.2, 0.25) is 9.74 Å². The summed E-state index contributed by atoms with van der Waals surface area (Å²) in [7, 11) is 0. The summed E-state index contributed by atoms with van der Waals surface area (Å²) in [6.45, 7) is 1.22. The standard InChI is InChI=1S/C17H12Cl6F3N3.H3N/c1-8-6-27-14(28-13(8)16(21,22)23)29-3-2-15(7-29,17(24,25)26)9-4-10(18)12(20)11(19)5-9;/h4-6H,2-3,7H2,1H3;1H3. The SMILES string of the molecule is Cc1cnc(N2CCC(c3cc(Cl)c(Cl)c(Cl)c3)(C(F)(F)F)C2)nc1C(Cl)(Cl)Cl.N. The van der Waals surface area contributed by atoms with Crippen LogP contribution in [0.15, 0.2) is 18.3 Å². The minimum absolute atomic E-state index is 0. The summed E-state index contributed by atoms with van der Waals surface area (Å²) in [6.07, 6.45) is -3.45. The van der Waals surface area contributed by atoms with E-state index in [1.54, 1.807) is 6.92 Å². The van der Waals surface area contributed by atoms with Crippen molar-refractivity contribution in [1.29, 1.82) is 0 Å². The van der Waals surface area contributed by atoms with Gasteiger partial charge in [-0.3, -0.25) is 0 Å². The van der Waals surface area contributed by atoms with Gasteiger partial charge in [0.25, 0.3) is 0 Å². The molecule has 0 aliphatic carbocycles. The Labute approximate surface area is 201 Å². The molecule has 166 valence electrons. The van der Waals surface area contributed by atoms with Gasteiger partial charge in [-0.15, -0.1) is 0 Å². The first-order valence-electron chi connectivity index (χ1n) is 8.14. The third-order valence-corrected chi connectivity index (χ3v) is 6.59. The molecule has 1 fully saturated rings.